The number of imidazole rings is 1. The van der Waals surface area contributed by atoms with Crippen LogP contribution < -0.4 is 11.3 Å². The van der Waals surface area contributed by atoms with E-state index in [1.807, 2.05) is 0 Å². The van der Waals surface area contributed by atoms with Crippen LogP contribution in [0.2, 0.25) is 0 Å². The summed E-state index contributed by atoms with van der Waals surface area (Å²) in [6, 6.07) is 0. The molecule has 0 amide bonds. The van der Waals surface area contributed by atoms with Crippen LogP contribution in [0.15, 0.2) is 11.1 Å². The number of rotatable bonds is 4. The van der Waals surface area contributed by atoms with Crippen LogP contribution in [0.3, 0.4) is 0 Å². The number of nitrogens with one attached hydrogen (secondary N) is 1. The van der Waals surface area contributed by atoms with Gasteiger partial charge in [0.15, 0.2) is 11.2 Å². The lowest BCUT2D eigenvalue weighted by Gasteiger charge is -2.19. The van der Waals surface area contributed by atoms with Gasteiger partial charge in [-0.2, -0.15) is 17.6 Å². The van der Waals surface area contributed by atoms with E-state index in [2.05, 4.69) is 27.6 Å². The molecular weight excluding hydrogens is 294 g/mol. The highest BCUT2D eigenvalue weighted by Gasteiger charge is 2.36. The van der Waals surface area contributed by atoms with Gasteiger partial charge in [0.1, 0.15) is 6.23 Å². The average molecular weight is 311 g/mol. The molecule has 0 saturated carbocycles. The second kappa shape index (κ2) is 5.66. The SMILES string of the molecule is Nc1nc2c(ncn2[C@@H]2O[C@H](CO)C[C@@H]2CCS)c(=O)[nH]1. The van der Waals surface area contributed by atoms with E-state index in [4.69, 9.17) is 10.5 Å². The number of nitrogens with two attached hydrogens (primary N) is 1. The Hall–Kier alpha value is -1.58. The van der Waals surface area contributed by atoms with Crippen LogP contribution in [0.5, 0.6) is 0 Å². The Morgan fingerprint density at radius 2 is 2.43 bits per heavy atom. The Labute approximate surface area is 125 Å². The van der Waals surface area contributed by atoms with E-state index >= 15 is 0 Å². The molecule has 0 aliphatic carbocycles. The number of aromatic nitrogens is 4. The first kappa shape index (κ1) is 14.4. The number of ether oxygens (including phenoxy) is 1. The number of hydrogen-bond donors (Lipinski definition) is 4. The van der Waals surface area contributed by atoms with Crippen LogP contribution in [0.25, 0.3) is 11.2 Å². The molecule has 1 aliphatic heterocycles. The minimum Gasteiger partial charge on any atom is -0.394 e. The molecule has 0 unspecified atom stereocenters. The summed E-state index contributed by atoms with van der Waals surface area (Å²) < 4.78 is 7.57. The Morgan fingerprint density at radius 3 is 3.14 bits per heavy atom. The summed E-state index contributed by atoms with van der Waals surface area (Å²) in [5, 5.41) is 9.31. The smallest absolute Gasteiger partial charge is 0.280 e. The molecule has 0 aromatic carbocycles. The van der Waals surface area contributed by atoms with Crippen molar-refractivity contribution in [2.45, 2.75) is 25.2 Å². The number of nitrogen functional groups attached to an aromatic ring is 1. The largest absolute Gasteiger partial charge is 0.394 e. The van der Waals surface area contributed by atoms with Crippen molar-refractivity contribution in [2.24, 2.45) is 5.92 Å². The van der Waals surface area contributed by atoms with Gasteiger partial charge in [0.2, 0.25) is 5.95 Å². The molecule has 114 valence electrons. The van der Waals surface area contributed by atoms with E-state index in [9.17, 15) is 9.90 Å². The molecule has 0 radical (unpaired) electrons. The van der Waals surface area contributed by atoms with Gasteiger partial charge in [-0.15, -0.1) is 0 Å². The van der Waals surface area contributed by atoms with Gasteiger partial charge in [-0.25, -0.2) is 4.98 Å². The van der Waals surface area contributed by atoms with Gasteiger partial charge >= 0.3 is 0 Å². The predicted octanol–water partition coefficient (Wildman–Crippen LogP) is -0.0823. The van der Waals surface area contributed by atoms with Gasteiger partial charge in [-0.1, -0.05) is 0 Å². The summed E-state index contributed by atoms with van der Waals surface area (Å²) in [7, 11) is 0. The molecule has 1 fully saturated rings. The maximum Gasteiger partial charge on any atom is 0.280 e. The van der Waals surface area contributed by atoms with E-state index in [1.54, 1.807) is 4.57 Å². The highest BCUT2D eigenvalue weighted by atomic mass is 32.1. The third kappa shape index (κ3) is 2.52. The summed E-state index contributed by atoms with van der Waals surface area (Å²) in [5.74, 6) is 0.932. The molecule has 1 saturated heterocycles. The van der Waals surface area contributed by atoms with Gasteiger partial charge in [0.25, 0.3) is 5.56 Å². The Bertz CT molecular complexity index is 700. The molecule has 2 aromatic rings. The van der Waals surface area contributed by atoms with E-state index in [0.29, 0.717) is 11.4 Å². The van der Waals surface area contributed by atoms with Gasteiger partial charge < -0.3 is 15.6 Å². The molecule has 0 bridgehead atoms. The quantitative estimate of drug-likeness (QED) is 0.586. The van der Waals surface area contributed by atoms with Crippen LogP contribution in [0.1, 0.15) is 19.1 Å². The third-order valence-corrected chi connectivity index (χ3v) is 3.99. The highest BCUT2D eigenvalue weighted by molar-refractivity contribution is 7.80. The zero-order valence-electron chi connectivity index (χ0n) is 11.3. The van der Waals surface area contributed by atoms with Crippen molar-refractivity contribution >= 4 is 29.7 Å². The lowest BCUT2D eigenvalue weighted by Crippen LogP contribution is -2.18. The number of thiol groups is 1. The number of hydrogen-bond acceptors (Lipinski definition) is 7. The lowest BCUT2D eigenvalue weighted by atomic mass is 10.0. The zero-order valence-corrected chi connectivity index (χ0v) is 12.2. The average Bonchev–Trinajstić information content (AvgIpc) is 3.02. The van der Waals surface area contributed by atoms with Crippen molar-refractivity contribution in [3.8, 4) is 0 Å². The summed E-state index contributed by atoms with van der Waals surface area (Å²) in [5.41, 5.74) is 5.84. The fourth-order valence-electron chi connectivity index (χ4n) is 2.78. The van der Waals surface area contributed by atoms with Crippen LogP contribution in [-0.2, 0) is 4.74 Å². The molecule has 3 rings (SSSR count). The monoisotopic (exact) mass is 311 g/mol. The van der Waals surface area contributed by atoms with Crippen LogP contribution in [0.4, 0.5) is 5.95 Å². The minimum atomic E-state index is -0.376. The second-order valence-corrected chi connectivity index (χ2v) is 5.56. The number of nitrogens with zero attached hydrogens (tertiary/aromatic N) is 3. The number of H-pyrrole nitrogens is 1. The Balaban J connectivity index is 2.04. The summed E-state index contributed by atoms with van der Waals surface area (Å²) in [6.45, 7) is -0.0393. The fraction of sp³-hybridized carbons (Fsp3) is 0.583. The highest BCUT2D eigenvalue weighted by Crippen LogP contribution is 2.37. The first-order valence-corrected chi connectivity index (χ1v) is 7.36. The van der Waals surface area contributed by atoms with Crippen molar-refractivity contribution in [1.82, 2.24) is 19.5 Å². The topological polar surface area (TPSA) is 119 Å². The second-order valence-electron chi connectivity index (χ2n) is 5.11. The molecule has 3 heterocycles. The van der Waals surface area contributed by atoms with Crippen molar-refractivity contribution in [3.63, 3.8) is 0 Å². The van der Waals surface area contributed by atoms with Crippen molar-refractivity contribution in [3.05, 3.63) is 16.7 Å². The van der Waals surface area contributed by atoms with E-state index in [-0.39, 0.29) is 41.9 Å². The first-order valence-electron chi connectivity index (χ1n) is 6.73. The van der Waals surface area contributed by atoms with Gasteiger partial charge in [0, 0.05) is 5.92 Å². The van der Waals surface area contributed by atoms with Crippen LogP contribution in [0, 0.1) is 5.92 Å². The van der Waals surface area contributed by atoms with Gasteiger partial charge in [-0.3, -0.25) is 14.3 Å². The number of aromatic amines is 1. The van der Waals surface area contributed by atoms with E-state index in [1.165, 1.54) is 6.33 Å². The fourth-order valence-corrected chi connectivity index (χ4v) is 3.12. The van der Waals surface area contributed by atoms with Crippen molar-refractivity contribution < 1.29 is 9.84 Å². The molecule has 0 spiro atoms. The van der Waals surface area contributed by atoms with E-state index < -0.39 is 0 Å². The molecule has 4 N–H and O–H groups in total. The molecule has 21 heavy (non-hydrogen) atoms. The van der Waals surface area contributed by atoms with Crippen LogP contribution >= 0.6 is 12.6 Å². The molecule has 1 aliphatic rings. The van der Waals surface area contributed by atoms with Crippen molar-refractivity contribution in [2.75, 3.05) is 18.1 Å². The Kier molecular flexibility index (Phi) is 3.87. The van der Waals surface area contributed by atoms with Crippen molar-refractivity contribution in [1.29, 1.82) is 0 Å². The number of aliphatic hydroxyl groups excluding tert-OH is 1. The minimum absolute atomic E-state index is 0.0386. The standard InChI is InChI=1S/C12H17N5O3S/c13-12-15-9-8(10(19)16-12)14-5-17(9)11-6(1-2-21)3-7(4-18)20-11/h5-7,11,18,21H,1-4H2,(H3,13,15,16,19)/t6-,7-,11+/m0/s1. The van der Waals surface area contributed by atoms with E-state index in [0.717, 1.165) is 12.8 Å². The van der Waals surface area contributed by atoms with Crippen LogP contribution in [-0.4, -0.2) is 43.1 Å². The summed E-state index contributed by atoms with van der Waals surface area (Å²) in [4.78, 5) is 22.5. The molecular formula is C12H17N5O3S. The van der Waals surface area contributed by atoms with Gasteiger partial charge in [-0.05, 0) is 18.6 Å². The lowest BCUT2D eigenvalue weighted by molar-refractivity contribution is -0.0313. The third-order valence-electron chi connectivity index (χ3n) is 3.73. The molecule has 3 atom stereocenters. The first-order chi connectivity index (χ1) is 10.1. The van der Waals surface area contributed by atoms with Gasteiger partial charge in [0.05, 0.1) is 19.0 Å². The predicted molar refractivity (Wildman–Crippen MR) is 80.1 cm³/mol. The maximum atomic E-state index is 11.8. The normalized spacial score (nSPS) is 25.7. The number of fused-ring (bicyclic) bond motifs is 1. The maximum absolute atomic E-state index is 11.8. The number of anilines is 1. The summed E-state index contributed by atoms with van der Waals surface area (Å²) >= 11 is 4.27. The zero-order chi connectivity index (χ0) is 15.0. The summed E-state index contributed by atoms with van der Waals surface area (Å²) in [6.07, 6.45) is 2.55. The number of aliphatic hydroxyl groups is 1. The molecule has 9 heteroatoms. The molecule has 2 aromatic heterocycles. The molecule has 8 nitrogen and oxygen atoms in total. The Morgan fingerprint density at radius 1 is 1.62 bits per heavy atom.